The zero-order valence-corrected chi connectivity index (χ0v) is 10.7. The van der Waals surface area contributed by atoms with E-state index in [2.05, 4.69) is 0 Å². The lowest BCUT2D eigenvalue weighted by Gasteiger charge is -2.09. The Bertz CT molecular complexity index is 393. The van der Waals surface area contributed by atoms with Gasteiger partial charge in [0, 0.05) is 16.7 Å². The molecule has 1 fully saturated rings. The van der Waals surface area contributed by atoms with Gasteiger partial charge in [-0.15, -0.1) is 11.8 Å². The van der Waals surface area contributed by atoms with E-state index in [-0.39, 0.29) is 11.0 Å². The van der Waals surface area contributed by atoms with Gasteiger partial charge in [0.1, 0.15) is 0 Å². The molecule has 0 aliphatic carbocycles. The first kappa shape index (κ1) is 12.9. The molecule has 1 N–H and O–H groups in total. The number of hydrogen-bond donors (Lipinski definition) is 1. The number of aliphatic hydroxyl groups is 1. The molecule has 1 aliphatic rings. The highest BCUT2D eigenvalue weighted by molar-refractivity contribution is 8.01. The average molecular weight is 273 g/mol. The summed E-state index contributed by atoms with van der Waals surface area (Å²) < 4.78 is 5.51. The first-order chi connectivity index (χ1) is 8.15. The molecular formula is C12H13ClO3S. The van der Waals surface area contributed by atoms with Crippen molar-refractivity contribution in [3.8, 4) is 0 Å². The van der Waals surface area contributed by atoms with Gasteiger partial charge < -0.3 is 9.84 Å². The first-order valence-electron chi connectivity index (χ1n) is 5.33. The van der Waals surface area contributed by atoms with Crippen LogP contribution >= 0.6 is 23.4 Å². The van der Waals surface area contributed by atoms with Crippen molar-refractivity contribution in [2.45, 2.75) is 23.7 Å². The van der Waals surface area contributed by atoms with E-state index in [1.54, 1.807) is 0 Å². The second-order valence-corrected chi connectivity index (χ2v) is 5.74. The van der Waals surface area contributed by atoms with Gasteiger partial charge in [-0.25, -0.2) is 0 Å². The standard InChI is InChI=1S/C12H13ClO3S/c13-9-3-1-8(2-4-9)6-16-7-10-5-11(14)12(15)17-10/h1-4,10,12,15H,5-7H2. The number of halogens is 1. The van der Waals surface area contributed by atoms with Crippen LogP contribution in [0.3, 0.4) is 0 Å². The Balaban J connectivity index is 1.73. The molecule has 0 bridgehead atoms. The highest BCUT2D eigenvalue weighted by atomic mass is 35.5. The van der Waals surface area contributed by atoms with E-state index in [1.165, 1.54) is 11.8 Å². The predicted octanol–water partition coefficient (Wildman–Crippen LogP) is 2.25. The van der Waals surface area contributed by atoms with Crippen molar-refractivity contribution in [2.75, 3.05) is 6.61 Å². The fourth-order valence-corrected chi connectivity index (χ4v) is 2.79. The molecular weight excluding hydrogens is 260 g/mol. The van der Waals surface area contributed by atoms with Gasteiger partial charge in [0.15, 0.2) is 11.2 Å². The molecule has 92 valence electrons. The van der Waals surface area contributed by atoms with Crippen LogP contribution in [0.25, 0.3) is 0 Å². The lowest BCUT2D eigenvalue weighted by molar-refractivity contribution is -0.122. The minimum absolute atomic E-state index is 0.0739. The Morgan fingerprint density at radius 1 is 1.41 bits per heavy atom. The maximum absolute atomic E-state index is 11.1. The summed E-state index contributed by atoms with van der Waals surface area (Å²) in [5, 5.41) is 10.0. The SMILES string of the molecule is O=C1CC(COCc2ccc(Cl)cc2)SC1O. The van der Waals surface area contributed by atoms with Gasteiger partial charge in [0.05, 0.1) is 13.2 Å². The molecule has 2 rings (SSSR count). The summed E-state index contributed by atoms with van der Waals surface area (Å²) in [6, 6.07) is 7.45. The molecule has 0 amide bonds. The Morgan fingerprint density at radius 2 is 2.12 bits per heavy atom. The van der Waals surface area contributed by atoms with E-state index in [4.69, 9.17) is 16.3 Å². The van der Waals surface area contributed by atoms with E-state index in [0.29, 0.717) is 24.7 Å². The molecule has 5 heteroatoms. The molecule has 1 aromatic carbocycles. The molecule has 1 heterocycles. The highest BCUT2D eigenvalue weighted by Crippen LogP contribution is 2.29. The monoisotopic (exact) mass is 272 g/mol. The van der Waals surface area contributed by atoms with Crippen LogP contribution in [0.5, 0.6) is 0 Å². The summed E-state index contributed by atoms with van der Waals surface area (Å²) in [5.74, 6) is -0.102. The number of rotatable bonds is 4. The third-order valence-electron chi connectivity index (χ3n) is 2.51. The van der Waals surface area contributed by atoms with Crippen LogP contribution in [0.15, 0.2) is 24.3 Å². The van der Waals surface area contributed by atoms with Crippen molar-refractivity contribution in [2.24, 2.45) is 0 Å². The van der Waals surface area contributed by atoms with Gasteiger partial charge in [-0.2, -0.15) is 0 Å². The van der Waals surface area contributed by atoms with Crippen LogP contribution in [0.2, 0.25) is 5.02 Å². The Hall–Kier alpha value is -0.550. The van der Waals surface area contributed by atoms with Gasteiger partial charge in [-0.1, -0.05) is 23.7 Å². The Morgan fingerprint density at radius 3 is 2.71 bits per heavy atom. The summed E-state index contributed by atoms with van der Waals surface area (Å²) in [7, 11) is 0. The van der Waals surface area contributed by atoms with E-state index in [1.807, 2.05) is 24.3 Å². The number of carbonyl (C=O) groups excluding carboxylic acids is 1. The van der Waals surface area contributed by atoms with Crippen molar-refractivity contribution < 1.29 is 14.6 Å². The predicted molar refractivity (Wildman–Crippen MR) is 68.1 cm³/mol. The van der Waals surface area contributed by atoms with Gasteiger partial charge in [0.25, 0.3) is 0 Å². The third kappa shape index (κ3) is 3.71. The number of ketones is 1. The summed E-state index contributed by atoms with van der Waals surface area (Å²) in [5.41, 5.74) is 0.184. The fourth-order valence-electron chi connectivity index (χ4n) is 1.62. The van der Waals surface area contributed by atoms with Crippen molar-refractivity contribution in [1.29, 1.82) is 0 Å². The minimum atomic E-state index is -0.862. The van der Waals surface area contributed by atoms with Gasteiger partial charge in [0.2, 0.25) is 0 Å². The van der Waals surface area contributed by atoms with Crippen molar-refractivity contribution in [1.82, 2.24) is 0 Å². The molecule has 3 nitrogen and oxygen atoms in total. The maximum Gasteiger partial charge on any atom is 0.172 e. The number of hydrogen-bond acceptors (Lipinski definition) is 4. The normalized spacial score (nSPS) is 24.2. The topological polar surface area (TPSA) is 46.5 Å². The largest absolute Gasteiger partial charge is 0.376 e. The van der Waals surface area contributed by atoms with Crippen LogP contribution in [-0.4, -0.2) is 28.2 Å². The number of ether oxygens (including phenoxy) is 1. The Kier molecular flexibility index (Phi) is 4.45. The van der Waals surface area contributed by atoms with Crippen LogP contribution in [0, 0.1) is 0 Å². The molecule has 2 unspecified atom stereocenters. The number of carbonyl (C=O) groups is 1. The third-order valence-corrected chi connectivity index (χ3v) is 3.97. The van der Waals surface area contributed by atoms with Gasteiger partial charge in [-0.05, 0) is 17.7 Å². The van der Waals surface area contributed by atoms with Crippen LogP contribution < -0.4 is 0 Å². The summed E-state index contributed by atoms with van der Waals surface area (Å²) >= 11 is 7.04. The zero-order valence-electron chi connectivity index (χ0n) is 9.14. The summed E-state index contributed by atoms with van der Waals surface area (Å²) in [6.07, 6.45) is 0.395. The van der Waals surface area contributed by atoms with E-state index < -0.39 is 5.44 Å². The van der Waals surface area contributed by atoms with E-state index >= 15 is 0 Å². The average Bonchev–Trinajstić information content (AvgIpc) is 2.61. The molecule has 2 atom stereocenters. The zero-order chi connectivity index (χ0) is 12.3. The van der Waals surface area contributed by atoms with Crippen molar-refractivity contribution >= 4 is 29.1 Å². The highest BCUT2D eigenvalue weighted by Gasteiger charge is 2.31. The maximum atomic E-state index is 11.1. The van der Waals surface area contributed by atoms with E-state index in [0.717, 1.165) is 5.56 Å². The van der Waals surface area contributed by atoms with Crippen molar-refractivity contribution in [3.05, 3.63) is 34.9 Å². The molecule has 0 saturated carbocycles. The molecule has 0 aromatic heterocycles. The molecule has 0 radical (unpaired) electrons. The van der Waals surface area contributed by atoms with Crippen LogP contribution in [-0.2, 0) is 16.1 Å². The number of Topliss-reactive ketones (excluding diaryl/α,β-unsaturated/α-hetero) is 1. The summed E-state index contributed by atoms with van der Waals surface area (Å²) in [6.45, 7) is 0.981. The first-order valence-corrected chi connectivity index (χ1v) is 6.65. The second-order valence-electron chi connectivity index (χ2n) is 3.92. The quantitative estimate of drug-likeness (QED) is 0.913. The number of aliphatic hydroxyl groups excluding tert-OH is 1. The van der Waals surface area contributed by atoms with E-state index in [9.17, 15) is 9.90 Å². The number of benzene rings is 1. The minimum Gasteiger partial charge on any atom is -0.376 e. The molecule has 0 spiro atoms. The van der Waals surface area contributed by atoms with Crippen LogP contribution in [0.1, 0.15) is 12.0 Å². The number of thioether (sulfide) groups is 1. The molecule has 1 saturated heterocycles. The van der Waals surface area contributed by atoms with Crippen molar-refractivity contribution in [3.63, 3.8) is 0 Å². The van der Waals surface area contributed by atoms with Gasteiger partial charge >= 0.3 is 0 Å². The van der Waals surface area contributed by atoms with Gasteiger partial charge in [-0.3, -0.25) is 4.79 Å². The molecule has 1 aromatic rings. The smallest absolute Gasteiger partial charge is 0.172 e. The van der Waals surface area contributed by atoms with Crippen LogP contribution in [0.4, 0.5) is 0 Å². The lowest BCUT2D eigenvalue weighted by Crippen LogP contribution is -2.10. The fraction of sp³-hybridized carbons (Fsp3) is 0.417. The second kappa shape index (κ2) is 5.87. The molecule has 1 aliphatic heterocycles. The molecule has 17 heavy (non-hydrogen) atoms. The summed E-state index contributed by atoms with van der Waals surface area (Å²) in [4.78, 5) is 11.1. The Labute approximate surface area is 109 Å². The lowest BCUT2D eigenvalue weighted by atomic mass is 10.2.